The van der Waals surface area contributed by atoms with E-state index >= 15 is 0 Å². The van der Waals surface area contributed by atoms with Gasteiger partial charge in [0.25, 0.3) is 0 Å². The zero-order chi connectivity index (χ0) is 21.9. The highest BCUT2D eigenvalue weighted by Gasteiger charge is 2.51. The lowest BCUT2D eigenvalue weighted by Gasteiger charge is -2.21. The Bertz CT molecular complexity index is 889. The summed E-state index contributed by atoms with van der Waals surface area (Å²) in [6.07, 6.45) is 1.78. The minimum Gasteiger partial charge on any atom is -0.351 e. The number of rotatable bonds is 6. The summed E-state index contributed by atoms with van der Waals surface area (Å²) in [7, 11) is 0. The topological polar surface area (TPSA) is 70.2 Å². The van der Waals surface area contributed by atoms with Crippen molar-refractivity contribution in [3.8, 4) is 0 Å². The molecule has 30 heavy (non-hydrogen) atoms. The maximum Gasteiger partial charge on any atom is 0.319 e. The second-order valence-corrected chi connectivity index (χ2v) is 9.54. The third-order valence-electron chi connectivity index (χ3n) is 5.57. The number of hydrogen-bond acceptors (Lipinski definition) is 2. The van der Waals surface area contributed by atoms with Crippen LogP contribution in [0.3, 0.4) is 0 Å². The minimum absolute atomic E-state index is 0.0823. The first-order valence-electron chi connectivity index (χ1n) is 10.7. The normalized spacial score (nSPS) is 14.9. The molecule has 3 amide bonds. The van der Waals surface area contributed by atoms with Crippen molar-refractivity contribution < 1.29 is 9.59 Å². The molecule has 0 saturated heterocycles. The summed E-state index contributed by atoms with van der Waals surface area (Å²) in [5.74, 6) is 0.0875. The van der Waals surface area contributed by atoms with Gasteiger partial charge >= 0.3 is 6.03 Å². The van der Waals surface area contributed by atoms with Gasteiger partial charge in [0.1, 0.15) is 0 Å². The lowest BCUT2D eigenvalue weighted by Crippen LogP contribution is -2.34. The molecule has 0 unspecified atom stereocenters. The molecule has 1 aliphatic rings. The van der Waals surface area contributed by atoms with E-state index in [1.54, 1.807) is 0 Å². The van der Waals surface area contributed by atoms with Crippen LogP contribution >= 0.6 is 0 Å². The average molecular weight is 408 g/mol. The molecule has 1 saturated carbocycles. The SMILES string of the molecule is CC(C)NC(=O)Nc1ccc(CNC(=O)C2(c3ccc(C(C)(C)C)cc3)CC2)cc1. The van der Waals surface area contributed by atoms with Crippen molar-refractivity contribution in [3.63, 3.8) is 0 Å². The zero-order valence-electron chi connectivity index (χ0n) is 18.6. The van der Waals surface area contributed by atoms with Gasteiger partial charge in [0.05, 0.1) is 5.41 Å². The maximum atomic E-state index is 12.9. The van der Waals surface area contributed by atoms with Gasteiger partial charge < -0.3 is 16.0 Å². The van der Waals surface area contributed by atoms with Crippen LogP contribution in [-0.4, -0.2) is 18.0 Å². The van der Waals surface area contributed by atoms with E-state index in [-0.39, 0.29) is 28.8 Å². The quantitative estimate of drug-likeness (QED) is 0.640. The van der Waals surface area contributed by atoms with Gasteiger partial charge in [-0.15, -0.1) is 0 Å². The number of carbonyl (C=O) groups is 2. The molecular weight excluding hydrogens is 374 g/mol. The Labute approximate surface area is 179 Å². The minimum atomic E-state index is -0.382. The molecule has 5 nitrogen and oxygen atoms in total. The molecule has 1 aliphatic carbocycles. The largest absolute Gasteiger partial charge is 0.351 e. The summed E-state index contributed by atoms with van der Waals surface area (Å²) in [5.41, 5.74) is 3.82. The third kappa shape index (κ3) is 5.21. The van der Waals surface area contributed by atoms with E-state index in [1.165, 1.54) is 5.56 Å². The first kappa shape index (κ1) is 21.9. The Morgan fingerprint density at radius 1 is 0.967 bits per heavy atom. The number of urea groups is 1. The third-order valence-corrected chi connectivity index (χ3v) is 5.57. The van der Waals surface area contributed by atoms with E-state index in [0.29, 0.717) is 6.54 Å². The van der Waals surface area contributed by atoms with Gasteiger partial charge in [0, 0.05) is 18.3 Å². The molecule has 0 spiro atoms. The van der Waals surface area contributed by atoms with E-state index < -0.39 is 0 Å². The van der Waals surface area contributed by atoms with Crippen LogP contribution in [-0.2, 0) is 22.2 Å². The van der Waals surface area contributed by atoms with E-state index in [1.807, 2.05) is 38.1 Å². The summed E-state index contributed by atoms with van der Waals surface area (Å²) in [4.78, 5) is 24.7. The Hall–Kier alpha value is -2.82. The number of nitrogens with one attached hydrogen (secondary N) is 3. The van der Waals surface area contributed by atoms with Crippen molar-refractivity contribution in [3.05, 3.63) is 65.2 Å². The van der Waals surface area contributed by atoms with Gasteiger partial charge in [0.2, 0.25) is 5.91 Å². The van der Waals surface area contributed by atoms with Crippen molar-refractivity contribution in [2.45, 2.75) is 70.9 Å². The van der Waals surface area contributed by atoms with Crippen molar-refractivity contribution in [1.82, 2.24) is 10.6 Å². The molecule has 0 aromatic heterocycles. The zero-order valence-corrected chi connectivity index (χ0v) is 18.6. The van der Waals surface area contributed by atoms with E-state index in [0.717, 1.165) is 29.7 Å². The lowest BCUT2D eigenvalue weighted by molar-refractivity contribution is -0.123. The van der Waals surface area contributed by atoms with Crippen LogP contribution in [0.1, 0.15) is 64.2 Å². The van der Waals surface area contributed by atoms with Crippen LogP contribution in [0.2, 0.25) is 0 Å². The summed E-state index contributed by atoms with van der Waals surface area (Å²) in [6.45, 7) is 10.9. The fourth-order valence-electron chi connectivity index (χ4n) is 3.55. The van der Waals surface area contributed by atoms with Crippen LogP contribution in [0, 0.1) is 0 Å². The number of hydrogen-bond donors (Lipinski definition) is 3. The molecule has 160 valence electrons. The van der Waals surface area contributed by atoms with Crippen LogP contribution in [0.25, 0.3) is 0 Å². The maximum absolute atomic E-state index is 12.9. The molecule has 5 heteroatoms. The molecule has 0 bridgehead atoms. The smallest absolute Gasteiger partial charge is 0.319 e. The number of amides is 3. The second-order valence-electron chi connectivity index (χ2n) is 9.54. The molecule has 1 fully saturated rings. The highest BCUT2D eigenvalue weighted by molar-refractivity contribution is 5.91. The first-order chi connectivity index (χ1) is 14.1. The second kappa shape index (κ2) is 8.50. The van der Waals surface area contributed by atoms with Crippen molar-refractivity contribution in [1.29, 1.82) is 0 Å². The van der Waals surface area contributed by atoms with Gasteiger partial charge in [-0.25, -0.2) is 4.79 Å². The first-order valence-corrected chi connectivity index (χ1v) is 10.7. The highest BCUT2D eigenvalue weighted by Crippen LogP contribution is 2.48. The van der Waals surface area contributed by atoms with E-state index in [4.69, 9.17) is 0 Å². The molecule has 0 aliphatic heterocycles. The molecule has 3 rings (SSSR count). The van der Waals surface area contributed by atoms with E-state index in [2.05, 4.69) is 61.0 Å². The van der Waals surface area contributed by atoms with Gasteiger partial charge in [-0.3, -0.25) is 4.79 Å². The average Bonchev–Trinajstić information content (AvgIpc) is 3.48. The lowest BCUT2D eigenvalue weighted by atomic mass is 9.85. The number of carbonyl (C=O) groups excluding carboxylic acids is 2. The van der Waals surface area contributed by atoms with Crippen LogP contribution in [0.15, 0.2) is 48.5 Å². The predicted octanol–water partition coefficient (Wildman–Crippen LogP) is 4.86. The summed E-state index contributed by atoms with van der Waals surface area (Å²) in [6, 6.07) is 15.9. The van der Waals surface area contributed by atoms with Gasteiger partial charge in [-0.1, -0.05) is 57.2 Å². The highest BCUT2D eigenvalue weighted by atomic mass is 16.2. The van der Waals surface area contributed by atoms with Crippen molar-refractivity contribution in [2.24, 2.45) is 0 Å². The summed E-state index contributed by atoms with van der Waals surface area (Å²) < 4.78 is 0. The predicted molar refractivity (Wildman–Crippen MR) is 122 cm³/mol. The van der Waals surface area contributed by atoms with Crippen LogP contribution in [0.4, 0.5) is 10.5 Å². The summed E-state index contributed by atoms with van der Waals surface area (Å²) >= 11 is 0. The molecule has 0 atom stereocenters. The number of anilines is 1. The summed E-state index contributed by atoms with van der Waals surface area (Å²) in [5, 5.41) is 8.68. The Kier molecular flexibility index (Phi) is 6.20. The van der Waals surface area contributed by atoms with Gasteiger partial charge in [0.15, 0.2) is 0 Å². The Balaban J connectivity index is 1.57. The molecule has 0 heterocycles. The van der Waals surface area contributed by atoms with Crippen LogP contribution in [0.5, 0.6) is 0 Å². The molecule has 3 N–H and O–H groups in total. The van der Waals surface area contributed by atoms with Crippen molar-refractivity contribution >= 4 is 17.6 Å². The Morgan fingerprint density at radius 2 is 1.57 bits per heavy atom. The van der Waals surface area contributed by atoms with Gasteiger partial charge in [-0.2, -0.15) is 0 Å². The molecule has 0 radical (unpaired) electrons. The molecular formula is C25H33N3O2. The molecule has 2 aromatic rings. The number of benzene rings is 2. The fourth-order valence-corrected chi connectivity index (χ4v) is 3.55. The Morgan fingerprint density at radius 3 is 2.07 bits per heavy atom. The van der Waals surface area contributed by atoms with Crippen LogP contribution < -0.4 is 16.0 Å². The molecule has 2 aromatic carbocycles. The fraction of sp³-hybridized carbons (Fsp3) is 0.440. The van der Waals surface area contributed by atoms with Crippen molar-refractivity contribution in [2.75, 3.05) is 5.32 Å². The monoisotopic (exact) mass is 407 g/mol. The van der Waals surface area contributed by atoms with Gasteiger partial charge in [-0.05, 0) is 60.9 Å². The van der Waals surface area contributed by atoms with E-state index in [9.17, 15) is 9.59 Å². The standard InChI is InChI=1S/C25H33N3O2/c1-17(2)27-23(30)28-21-12-6-18(7-13-21)16-26-22(29)25(14-15-25)20-10-8-19(9-11-20)24(3,4)5/h6-13,17H,14-16H2,1-5H3,(H,26,29)(H2,27,28,30).